The Kier molecular flexibility index (Phi) is 5.67. The average Bonchev–Trinajstić information content (AvgIpc) is 3.14. The molecule has 0 saturated carbocycles. The highest BCUT2D eigenvalue weighted by atomic mass is 16.2. The number of hydrogen-bond donors (Lipinski definition) is 1. The lowest BCUT2D eigenvalue weighted by Gasteiger charge is -2.38. The number of aryl methyl sites for hydroxylation is 1. The van der Waals surface area contributed by atoms with Gasteiger partial charge in [-0.3, -0.25) is 4.90 Å². The zero-order valence-electron chi connectivity index (χ0n) is 16.1. The molecule has 138 valence electrons. The van der Waals surface area contributed by atoms with Gasteiger partial charge in [0.1, 0.15) is 0 Å². The maximum atomic E-state index is 12.7. The van der Waals surface area contributed by atoms with Gasteiger partial charge in [-0.1, -0.05) is 43.7 Å². The Morgan fingerprint density at radius 3 is 2.68 bits per heavy atom. The minimum Gasteiger partial charge on any atom is -0.337 e. The average molecular weight is 344 g/mol. The summed E-state index contributed by atoms with van der Waals surface area (Å²) in [4.78, 5) is 17.3. The smallest absolute Gasteiger partial charge is 0.317 e. The number of nitrogens with one attached hydrogen (secondary N) is 1. The third-order valence-corrected chi connectivity index (χ3v) is 5.82. The van der Waals surface area contributed by atoms with Crippen LogP contribution in [0.25, 0.3) is 0 Å². The van der Waals surface area contributed by atoms with Crippen molar-refractivity contribution in [3.05, 3.63) is 35.4 Å². The first-order valence-corrected chi connectivity index (χ1v) is 9.80. The second kappa shape index (κ2) is 7.77. The molecule has 1 aromatic rings. The van der Waals surface area contributed by atoms with Crippen LogP contribution in [0.5, 0.6) is 0 Å². The number of piperidine rings is 1. The van der Waals surface area contributed by atoms with Crippen molar-refractivity contribution in [3.8, 4) is 0 Å². The largest absolute Gasteiger partial charge is 0.337 e. The van der Waals surface area contributed by atoms with Gasteiger partial charge in [-0.2, -0.15) is 0 Å². The molecule has 0 unspecified atom stereocenters. The van der Waals surface area contributed by atoms with Crippen LogP contribution in [0.2, 0.25) is 0 Å². The van der Waals surface area contributed by atoms with Crippen LogP contribution in [0, 0.1) is 6.92 Å². The Morgan fingerprint density at radius 1 is 1.20 bits per heavy atom. The van der Waals surface area contributed by atoms with E-state index in [1.54, 1.807) is 0 Å². The highest BCUT2D eigenvalue weighted by molar-refractivity contribution is 5.74. The normalized spacial score (nSPS) is 22.2. The van der Waals surface area contributed by atoms with Gasteiger partial charge in [0.15, 0.2) is 0 Å². The van der Waals surface area contributed by atoms with E-state index in [9.17, 15) is 4.79 Å². The molecule has 2 saturated heterocycles. The first kappa shape index (κ1) is 18.2. The summed E-state index contributed by atoms with van der Waals surface area (Å²) in [5, 5.41) is 3.19. The van der Waals surface area contributed by atoms with Crippen LogP contribution in [0.15, 0.2) is 24.3 Å². The van der Waals surface area contributed by atoms with Crippen LogP contribution in [-0.4, -0.2) is 54.6 Å². The van der Waals surface area contributed by atoms with E-state index in [0.717, 1.165) is 19.5 Å². The van der Waals surface area contributed by atoms with Crippen LogP contribution in [0.3, 0.4) is 0 Å². The van der Waals surface area contributed by atoms with E-state index in [1.165, 1.54) is 43.5 Å². The van der Waals surface area contributed by atoms with Gasteiger partial charge in [0.05, 0.1) is 0 Å². The van der Waals surface area contributed by atoms with E-state index in [0.29, 0.717) is 12.6 Å². The molecular weight excluding hydrogens is 310 g/mol. The molecular formula is C21H33N3O. The fourth-order valence-corrected chi connectivity index (χ4v) is 4.12. The molecule has 0 aromatic heterocycles. The van der Waals surface area contributed by atoms with Crippen LogP contribution >= 0.6 is 0 Å². The van der Waals surface area contributed by atoms with Crippen LogP contribution in [-0.2, 0) is 5.41 Å². The van der Waals surface area contributed by atoms with Crippen LogP contribution in [0.4, 0.5) is 4.79 Å². The molecule has 1 atom stereocenters. The predicted molar refractivity (Wildman–Crippen MR) is 103 cm³/mol. The summed E-state index contributed by atoms with van der Waals surface area (Å²) in [6.45, 7) is 11.4. The third kappa shape index (κ3) is 4.55. The Hall–Kier alpha value is -1.55. The lowest BCUT2D eigenvalue weighted by atomic mass is 9.84. The Labute approximate surface area is 152 Å². The van der Waals surface area contributed by atoms with Crippen molar-refractivity contribution in [2.24, 2.45) is 0 Å². The van der Waals surface area contributed by atoms with Gasteiger partial charge >= 0.3 is 6.03 Å². The Bertz CT molecular complexity index is 593. The maximum absolute atomic E-state index is 12.7. The fraction of sp³-hybridized carbons (Fsp3) is 0.667. The van der Waals surface area contributed by atoms with E-state index in [4.69, 9.17) is 0 Å². The molecule has 1 N–H and O–H groups in total. The van der Waals surface area contributed by atoms with E-state index in [1.807, 2.05) is 4.90 Å². The summed E-state index contributed by atoms with van der Waals surface area (Å²) in [6, 6.07) is 9.25. The molecule has 0 bridgehead atoms. The molecule has 2 aliphatic heterocycles. The number of hydrogen-bond acceptors (Lipinski definition) is 2. The number of carbonyl (C=O) groups is 1. The number of nitrogens with zero attached hydrogens (tertiary/aromatic N) is 2. The van der Waals surface area contributed by atoms with Gasteiger partial charge in [0, 0.05) is 31.1 Å². The quantitative estimate of drug-likeness (QED) is 0.907. The number of benzene rings is 1. The molecule has 2 amide bonds. The fourth-order valence-electron chi connectivity index (χ4n) is 4.12. The van der Waals surface area contributed by atoms with E-state index in [2.05, 4.69) is 55.3 Å². The standard InChI is InChI=1S/C21H33N3O/c1-17-8-6-9-18(14-17)21(2,3)16-22-20(25)24-13-7-10-19(15-24)23-11-4-5-12-23/h6,8-9,14,19H,4-5,7,10-13,15-16H2,1-3H3,(H,22,25)/t19-/m1/s1. The van der Waals surface area contributed by atoms with E-state index < -0.39 is 0 Å². The van der Waals surface area contributed by atoms with Crippen LogP contribution < -0.4 is 5.32 Å². The van der Waals surface area contributed by atoms with Crippen molar-refractivity contribution in [1.29, 1.82) is 0 Å². The number of carbonyl (C=O) groups excluding carboxylic acids is 1. The highest BCUT2D eigenvalue weighted by Crippen LogP contribution is 2.24. The van der Waals surface area contributed by atoms with Gasteiger partial charge in [-0.15, -0.1) is 0 Å². The second-order valence-corrected chi connectivity index (χ2v) is 8.40. The monoisotopic (exact) mass is 343 g/mol. The van der Waals surface area contributed by atoms with Crippen molar-refractivity contribution in [3.63, 3.8) is 0 Å². The third-order valence-electron chi connectivity index (χ3n) is 5.82. The van der Waals surface area contributed by atoms with Crippen LogP contribution in [0.1, 0.15) is 50.7 Å². The van der Waals surface area contributed by atoms with Gasteiger partial charge < -0.3 is 10.2 Å². The summed E-state index contributed by atoms with van der Waals surface area (Å²) < 4.78 is 0. The lowest BCUT2D eigenvalue weighted by Crippen LogP contribution is -2.53. The number of urea groups is 1. The number of amides is 2. The zero-order valence-corrected chi connectivity index (χ0v) is 16.1. The van der Waals surface area contributed by atoms with Crippen molar-refractivity contribution in [2.75, 3.05) is 32.7 Å². The zero-order chi connectivity index (χ0) is 17.9. The van der Waals surface area contributed by atoms with E-state index >= 15 is 0 Å². The van der Waals surface area contributed by atoms with Gasteiger partial charge in [0.25, 0.3) is 0 Å². The maximum Gasteiger partial charge on any atom is 0.317 e. The molecule has 0 radical (unpaired) electrons. The molecule has 0 spiro atoms. The van der Waals surface area contributed by atoms with Gasteiger partial charge in [-0.05, 0) is 51.3 Å². The predicted octanol–water partition coefficient (Wildman–Crippen LogP) is 3.54. The first-order chi connectivity index (χ1) is 12.0. The summed E-state index contributed by atoms with van der Waals surface area (Å²) in [7, 11) is 0. The molecule has 25 heavy (non-hydrogen) atoms. The highest BCUT2D eigenvalue weighted by Gasteiger charge is 2.30. The molecule has 0 aliphatic carbocycles. The molecule has 4 nitrogen and oxygen atoms in total. The van der Waals surface area contributed by atoms with Crippen molar-refractivity contribution >= 4 is 6.03 Å². The molecule has 1 aromatic carbocycles. The molecule has 3 rings (SSSR count). The molecule has 2 heterocycles. The summed E-state index contributed by atoms with van der Waals surface area (Å²) in [5.41, 5.74) is 2.48. The minimum atomic E-state index is -0.0637. The molecule has 2 fully saturated rings. The summed E-state index contributed by atoms with van der Waals surface area (Å²) in [6.07, 6.45) is 4.98. The molecule has 4 heteroatoms. The Morgan fingerprint density at radius 2 is 1.96 bits per heavy atom. The lowest BCUT2D eigenvalue weighted by molar-refractivity contribution is 0.124. The topological polar surface area (TPSA) is 35.6 Å². The van der Waals surface area contributed by atoms with E-state index in [-0.39, 0.29) is 11.4 Å². The number of likely N-dealkylation sites (tertiary alicyclic amines) is 2. The first-order valence-electron chi connectivity index (χ1n) is 9.80. The summed E-state index contributed by atoms with van der Waals surface area (Å²) in [5.74, 6) is 0. The van der Waals surface area contributed by atoms with Crippen molar-refractivity contribution in [2.45, 2.75) is 57.9 Å². The second-order valence-electron chi connectivity index (χ2n) is 8.40. The SMILES string of the molecule is Cc1cccc(C(C)(C)CNC(=O)N2CCC[C@@H](N3CCCC3)C2)c1. The Balaban J connectivity index is 1.54. The van der Waals surface area contributed by atoms with Gasteiger partial charge in [0.2, 0.25) is 0 Å². The number of rotatable bonds is 4. The van der Waals surface area contributed by atoms with Crippen molar-refractivity contribution in [1.82, 2.24) is 15.1 Å². The minimum absolute atomic E-state index is 0.0637. The van der Waals surface area contributed by atoms with Gasteiger partial charge in [-0.25, -0.2) is 4.79 Å². The molecule has 2 aliphatic rings. The van der Waals surface area contributed by atoms with Crippen molar-refractivity contribution < 1.29 is 4.79 Å². The summed E-state index contributed by atoms with van der Waals surface area (Å²) >= 11 is 0.